The number of rotatable bonds is 9. The summed E-state index contributed by atoms with van der Waals surface area (Å²) in [4.78, 5) is 37.8. The van der Waals surface area contributed by atoms with Crippen molar-refractivity contribution in [3.63, 3.8) is 0 Å². The molecule has 1 saturated heterocycles. The molecule has 2 aromatic rings. The molecule has 4 amide bonds. The number of urea groups is 1. The van der Waals surface area contributed by atoms with Crippen LogP contribution in [0.3, 0.4) is 0 Å². The fraction of sp³-hybridized carbons (Fsp3) is 0.318. The van der Waals surface area contributed by atoms with E-state index in [0.29, 0.717) is 11.5 Å². The zero-order valence-corrected chi connectivity index (χ0v) is 17.9. The molecule has 170 valence electrons. The Morgan fingerprint density at radius 1 is 1.09 bits per heavy atom. The molecule has 0 radical (unpaired) electrons. The highest BCUT2D eigenvalue weighted by atomic mass is 16.5. The highest BCUT2D eigenvalue weighted by Crippen LogP contribution is 2.30. The molecule has 1 aliphatic rings. The van der Waals surface area contributed by atoms with Crippen molar-refractivity contribution in [3.05, 3.63) is 59.7 Å². The van der Waals surface area contributed by atoms with Gasteiger partial charge in [0.05, 0.1) is 20.3 Å². The molecule has 1 aliphatic heterocycles. The van der Waals surface area contributed by atoms with Crippen LogP contribution in [0.4, 0.5) is 9.59 Å². The lowest BCUT2D eigenvalue weighted by molar-refractivity contribution is -0.151. The van der Waals surface area contributed by atoms with E-state index in [1.807, 2.05) is 30.3 Å². The van der Waals surface area contributed by atoms with Crippen LogP contribution in [0.25, 0.3) is 0 Å². The summed E-state index contributed by atoms with van der Waals surface area (Å²) < 4.78 is 15.8. The number of nitrogens with zero attached hydrogens (tertiary/aromatic N) is 1. The van der Waals surface area contributed by atoms with E-state index in [1.54, 1.807) is 25.3 Å². The second-order valence-corrected chi connectivity index (χ2v) is 7.14. The Hall–Kier alpha value is -3.95. The molecule has 1 fully saturated rings. The highest BCUT2D eigenvalue weighted by molar-refractivity contribution is 5.92. The van der Waals surface area contributed by atoms with E-state index < -0.39 is 24.2 Å². The third-order valence-corrected chi connectivity index (χ3v) is 5.14. The predicted octanol–water partition coefficient (Wildman–Crippen LogP) is 1.38. The molecule has 0 aromatic heterocycles. The van der Waals surface area contributed by atoms with Crippen molar-refractivity contribution >= 4 is 18.0 Å². The molecule has 2 atom stereocenters. The number of ether oxygens (including phenoxy) is 3. The van der Waals surface area contributed by atoms with Crippen LogP contribution in [0.1, 0.15) is 11.1 Å². The average molecular weight is 442 g/mol. The lowest BCUT2D eigenvalue weighted by atomic mass is 9.93. The van der Waals surface area contributed by atoms with E-state index in [1.165, 1.54) is 12.0 Å². The van der Waals surface area contributed by atoms with E-state index in [4.69, 9.17) is 19.9 Å². The van der Waals surface area contributed by atoms with Crippen LogP contribution in [0.5, 0.6) is 11.5 Å². The van der Waals surface area contributed by atoms with Gasteiger partial charge in [-0.3, -0.25) is 4.79 Å². The molecule has 0 saturated carbocycles. The number of nitrogens with one attached hydrogen (secondary N) is 2. The van der Waals surface area contributed by atoms with Crippen molar-refractivity contribution in [2.24, 2.45) is 5.73 Å². The van der Waals surface area contributed by atoms with Crippen LogP contribution in [0.15, 0.2) is 48.5 Å². The Balaban J connectivity index is 1.66. The van der Waals surface area contributed by atoms with Gasteiger partial charge in [-0.2, -0.15) is 0 Å². The summed E-state index contributed by atoms with van der Waals surface area (Å²) in [5, 5.41) is 5.07. The van der Waals surface area contributed by atoms with Crippen molar-refractivity contribution < 1.29 is 28.6 Å². The van der Waals surface area contributed by atoms with Gasteiger partial charge in [0.15, 0.2) is 0 Å². The van der Waals surface area contributed by atoms with E-state index in [2.05, 4.69) is 10.6 Å². The Morgan fingerprint density at radius 2 is 1.84 bits per heavy atom. The van der Waals surface area contributed by atoms with E-state index in [0.717, 1.165) is 11.1 Å². The van der Waals surface area contributed by atoms with Crippen molar-refractivity contribution in [1.29, 1.82) is 0 Å². The maximum atomic E-state index is 12.8. The number of primary amides is 1. The predicted molar refractivity (Wildman–Crippen MR) is 115 cm³/mol. The van der Waals surface area contributed by atoms with Gasteiger partial charge in [-0.05, 0) is 17.7 Å². The summed E-state index contributed by atoms with van der Waals surface area (Å²) in [6.07, 6.45) is -0.724. The smallest absolute Gasteiger partial charge is 0.408 e. The standard InChI is InChI=1S/C22H26N4O6/c1-30-16-9-8-15(18(10-16)31-2)12-26-17(11-24-21(23)28)19(20(26)27)25-22(29)32-13-14-6-4-3-5-7-14/h3-10,17,19H,11-13H2,1-2H3,(H,25,29)(H3,23,24,28). The van der Waals surface area contributed by atoms with Crippen LogP contribution < -0.4 is 25.8 Å². The lowest BCUT2D eigenvalue weighted by Crippen LogP contribution is -2.73. The summed E-state index contributed by atoms with van der Waals surface area (Å²) in [5.74, 6) is 0.862. The zero-order valence-electron chi connectivity index (χ0n) is 17.9. The van der Waals surface area contributed by atoms with E-state index in [9.17, 15) is 14.4 Å². The number of carbonyl (C=O) groups is 3. The third-order valence-electron chi connectivity index (χ3n) is 5.14. The number of amides is 4. The molecule has 3 rings (SSSR count). The summed E-state index contributed by atoms with van der Waals surface area (Å²) in [6.45, 7) is 0.363. The number of benzene rings is 2. The Kier molecular flexibility index (Phi) is 7.37. The second kappa shape index (κ2) is 10.4. The minimum atomic E-state index is -0.852. The fourth-order valence-electron chi connectivity index (χ4n) is 3.45. The molecule has 0 spiro atoms. The molecular weight excluding hydrogens is 416 g/mol. The first-order valence-corrected chi connectivity index (χ1v) is 9.94. The molecule has 1 heterocycles. The van der Waals surface area contributed by atoms with Crippen molar-refractivity contribution in [2.45, 2.75) is 25.2 Å². The van der Waals surface area contributed by atoms with Crippen LogP contribution in [0.2, 0.25) is 0 Å². The molecule has 32 heavy (non-hydrogen) atoms. The molecule has 10 nitrogen and oxygen atoms in total. The number of hydrogen-bond donors (Lipinski definition) is 3. The van der Waals surface area contributed by atoms with Crippen LogP contribution in [-0.2, 0) is 22.7 Å². The molecule has 4 N–H and O–H groups in total. The van der Waals surface area contributed by atoms with Crippen LogP contribution in [0, 0.1) is 0 Å². The average Bonchev–Trinajstić information content (AvgIpc) is 2.81. The van der Waals surface area contributed by atoms with Crippen molar-refractivity contribution in [1.82, 2.24) is 15.5 Å². The summed E-state index contributed by atoms with van der Waals surface area (Å²) in [7, 11) is 3.07. The summed E-state index contributed by atoms with van der Waals surface area (Å²) in [6, 6.07) is 12.4. The number of likely N-dealkylation sites (tertiary alicyclic amines) is 1. The number of carbonyl (C=O) groups excluding carboxylic acids is 3. The minimum absolute atomic E-state index is 0.0726. The van der Waals surface area contributed by atoms with Crippen LogP contribution in [-0.4, -0.2) is 55.8 Å². The minimum Gasteiger partial charge on any atom is -0.497 e. The number of hydrogen-bond acceptors (Lipinski definition) is 6. The number of methoxy groups -OCH3 is 2. The Labute approximate surface area is 185 Å². The highest BCUT2D eigenvalue weighted by Gasteiger charge is 2.48. The Morgan fingerprint density at radius 3 is 2.50 bits per heavy atom. The van der Waals surface area contributed by atoms with Gasteiger partial charge in [0.1, 0.15) is 24.1 Å². The van der Waals surface area contributed by atoms with Gasteiger partial charge in [0.2, 0.25) is 5.91 Å². The van der Waals surface area contributed by atoms with Gasteiger partial charge >= 0.3 is 12.1 Å². The molecule has 10 heteroatoms. The van der Waals surface area contributed by atoms with Gasteiger partial charge in [-0.1, -0.05) is 30.3 Å². The summed E-state index contributed by atoms with van der Waals surface area (Å²) in [5.41, 5.74) is 6.76. The van der Waals surface area contributed by atoms with Gasteiger partial charge in [-0.15, -0.1) is 0 Å². The molecule has 2 unspecified atom stereocenters. The maximum Gasteiger partial charge on any atom is 0.408 e. The monoisotopic (exact) mass is 442 g/mol. The second-order valence-electron chi connectivity index (χ2n) is 7.14. The zero-order chi connectivity index (χ0) is 23.1. The first-order valence-electron chi connectivity index (χ1n) is 9.94. The quantitative estimate of drug-likeness (QED) is 0.503. The first-order chi connectivity index (χ1) is 15.4. The van der Waals surface area contributed by atoms with Crippen LogP contribution >= 0.6 is 0 Å². The number of alkyl carbamates (subject to hydrolysis) is 1. The molecule has 2 aromatic carbocycles. The van der Waals surface area contributed by atoms with Gasteiger partial charge in [0, 0.05) is 24.7 Å². The summed E-state index contributed by atoms with van der Waals surface area (Å²) >= 11 is 0. The van der Waals surface area contributed by atoms with Gasteiger partial charge < -0.3 is 35.5 Å². The van der Waals surface area contributed by atoms with Gasteiger partial charge in [-0.25, -0.2) is 9.59 Å². The SMILES string of the molecule is COc1ccc(CN2C(=O)C(NC(=O)OCc3ccccc3)C2CNC(N)=O)c(OC)c1. The molecular formula is C22H26N4O6. The Bertz CT molecular complexity index is 968. The topological polar surface area (TPSA) is 132 Å². The third kappa shape index (κ3) is 5.39. The van der Waals surface area contributed by atoms with E-state index >= 15 is 0 Å². The van der Waals surface area contributed by atoms with Crippen molar-refractivity contribution in [2.75, 3.05) is 20.8 Å². The van der Waals surface area contributed by atoms with E-state index in [-0.39, 0.29) is 25.6 Å². The number of β-lactam (4-membered cyclic amide) rings is 1. The fourth-order valence-corrected chi connectivity index (χ4v) is 3.45. The van der Waals surface area contributed by atoms with Gasteiger partial charge in [0.25, 0.3) is 0 Å². The first kappa shape index (κ1) is 22.7. The number of nitrogens with two attached hydrogens (primary N) is 1. The maximum absolute atomic E-state index is 12.8. The molecule has 0 aliphatic carbocycles. The lowest BCUT2D eigenvalue weighted by Gasteiger charge is -2.47. The normalized spacial score (nSPS) is 17.2. The molecule has 0 bridgehead atoms. The van der Waals surface area contributed by atoms with Crippen molar-refractivity contribution in [3.8, 4) is 11.5 Å². The largest absolute Gasteiger partial charge is 0.497 e.